The number of likely N-dealkylation sites (tertiary alicyclic amines) is 1. The molecule has 0 saturated carbocycles. The molecule has 2 aromatic carbocycles. The van der Waals surface area contributed by atoms with Crippen LogP contribution in [0.15, 0.2) is 48.5 Å². The number of sulfonamides is 1. The fraction of sp³-hybridized carbons (Fsp3) is 0.429. The van der Waals surface area contributed by atoms with Gasteiger partial charge < -0.3 is 5.11 Å². The molecule has 1 aliphatic heterocycles. The molecule has 6 nitrogen and oxygen atoms in total. The molecule has 1 unspecified atom stereocenters. The van der Waals surface area contributed by atoms with E-state index in [9.17, 15) is 26.7 Å². The predicted molar refractivity (Wildman–Crippen MR) is 112 cm³/mol. The van der Waals surface area contributed by atoms with E-state index in [4.69, 9.17) is 0 Å². The highest BCUT2D eigenvalue weighted by molar-refractivity contribution is 7.88. The van der Waals surface area contributed by atoms with E-state index in [0.29, 0.717) is 16.7 Å². The van der Waals surface area contributed by atoms with Crippen molar-refractivity contribution in [1.29, 1.82) is 0 Å². The average Bonchev–Trinajstić information content (AvgIpc) is 2.90. The first kappa shape index (κ1) is 23.7. The third kappa shape index (κ3) is 5.64. The Morgan fingerprint density at radius 2 is 1.81 bits per heavy atom. The van der Waals surface area contributed by atoms with E-state index >= 15 is 0 Å². The zero-order valence-electron chi connectivity index (χ0n) is 17.5. The summed E-state index contributed by atoms with van der Waals surface area (Å²) in [4.78, 5) is 2.56. The van der Waals surface area contributed by atoms with Crippen molar-refractivity contribution in [2.24, 2.45) is 0 Å². The summed E-state index contributed by atoms with van der Waals surface area (Å²) >= 11 is 0. The maximum absolute atomic E-state index is 14.8. The fourth-order valence-electron chi connectivity index (χ4n) is 3.90. The molecule has 170 valence electrons. The molecule has 2 aromatic rings. The summed E-state index contributed by atoms with van der Waals surface area (Å²) in [6.07, 6.45) is -0.444. The summed E-state index contributed by atoms with van der Waals surface area (Å²) < 4.78 is 68.9. The first-order valence-electron chi connectivity index (χ1n) is 9.67. The minimum Gasteiger partial charge on any atom is -0.365 e. The molecule has 3 rings (SSSR count). The summed E-state index contributed by atoms with van der Waals surface area (Å²) in [6.45, 7) is -0.798. The van der Waals surface area contributed by atoms with E-state index in [0.717, 1.165) is 6.26 Å². The molecule has 0 spiro atoms. The van der Waals surface area contributed by atoms with Crippen molar-refractivity contribution in [3.05, 3.63) is 59.9 Å². The minimum absolute atomic E-state index is 0.0524. The lowest BCUT2D eigenvalue weighted by Gasteiger charge is -2.34. The molecule has 10 heteroatoms. The second-order valence-electron chi connectivity index (χ2n) is 8.09. The van der Waals surface area contributed by atoms with Crippen LogP contribution >= 0.6 is 0 Å². The van der Waals surface area contributed by atoms with Gasteiger partial charge in [0, 0.05) is 6.04 Å². The van der Waals surface area contributed by atoms with Crippen molar-refractivity contribution in [2.75, 3.05) is 26.9 Å². The van der Waals surface area contributed by atoms with Crippen molar-refractivity contribution in [2.45, 2.75) is 30.8 Å². The third-order valence-corrected chi connectivity index (χ3v) is 5.97. The Bertz CT molecular complexity index is 1030. The van der Waals surface area contributed by atoms with Gasteiger partial charge in [-0.3, -0.25) is 9.80 Å². The van der Waals surface area contributed by atoms with Gasteiger partial charge >= 0.3 is 0 Å². The summed E-state index contributed by atoms with van der Waals surface area (Å²) in [7, 11) is -0.836. The molecule has 1 aliphatic rings. The van der Waals surface area contributed by atoms with E-state index < -0.39 is 46.7 Å². The number of rotatable bonds is 7. The largest absolute Gasteiger partial charge is 0.365 e. The monoisotopic (exact) mass is 457 g/mol. The van der Waals surface area contributed by atoms with Crippen molar-refractivity contribution in [3.8, 4) is 11.1 Å². The number of halogens is 3. The average molecular weight is 458 g/mol. The lowest BCUT2D eigenvalue weighted by molar-refractivity contribution is -0.107. The van der Waals surface area contributed by atoms with Crippen molar-refractivity contribution >= 4 is 10.0 Å². The van der Waals surface area contributed by atoms with Gasteiger partial charge in [-0.05, 0) is 49.3 Å². The molecule has 3 atom stereocenters. The van der Waals surface area contributed by atoms with Gasteiger partial charge in [0.2, 0.25) is 10.0 Å². The summed E-state index contributed by atoms with van der Waals surface area (Å²) in [5, 5.41) is 10.5. The highest BCUT2D eigenvalue weighted by atomic mass is 32.2. The number of nitrogens with zero attached hydrogens (tertiary/aromatic N) is 2. The molecule has 1 fully saturated rings. The van der Waals surface area contributed by atoms with Crippen molar-refractivity contribution < 1.29 is 26.7 Å². The zero-order chi connectivity index (χ0) is 23.0. The lowest BCUT2D eigenvalue weighted by Crippen LogP contribution is -2.54. The van der Waals surface area contributed by atoms with Gasteiger partial charge in [-0.1, -0.05) is 36.4 Å². The first-order valence-corrected chi connectivity index (χ1v) is 11.6. The van der Waals surface area contributed by atoms with E-state index in [1.165, 1.54) is 21.9 Å². The van der Waals surface area contributed by atoms with Crippen LogP contribution in [0.1, 0.15) is 5.56 Å². The van der Waals surface area contributed by atoms with Crippen LogP contribution in [-0.4, -0.2) is 74.6 Å². The number of aliphatic hydroxyl groups is 1. The highest BCUT2D eigenvalue weighted by Gasteiger charge is 2.57. The molecule has 0 aromatic heterocycles. The highest BCUT2D eigenvalue weighted by Crippen LogP contribution is 2.36. The maximum atomic E-state index is 14.8. The maximum Gasteiger partial charge on any atom is 0.278 e. The molecule has 1 heterocycles. The normalized spacial score (nSPS) is 22.7. The fourth-order valence-corrected chi connectivity index (χ4v) is 4.69. The molecular formula is C21H26F3N3O3S. The van der Waals surface area contributed by atoms with Crippen molar-refractivity contribution in [1.82, 2.24) is 14.5 Å². The number of benzene rings is 2. The Hall–Kier alpha value is -1.98. The zero-order valence-corrected chi connectivity index (χ0v) is 18.3. The van der Waals surface area contributed by atoms with Crippen LogP contribution in [0.2, 0.25) is 0 Å². The van der Waals surface area contributed by atoms with Crippen molar-refractivity contribution in [3.63, 3.8) is 0 Å². The van der Waals surface area contributed by atoms with Crippen LogP contribution in [0, 0.1) is 5.82 Å². The van der Waals surface area contributed by atoms with Gasteiger partial charge in [-0.25, -0.2) is 26.3 Å². The Morgan fingerprint density at radius 3 is 2.39 bits per heavy atom. The van der Waals surface area contributed by atoms with Gasteiger partial charge in [0.15, 0.2) is 6.35 Å². The molecule has 0 amide bonds. The summed E-state index contributed by atoms with van der Waals surface area (Å²) in [5.41, 5.74) is 1.99. The Balaban J connectivity index is 1.97. The van der Waals surface area contributed by atoms with E-state index in [1.54, 1.807) is 50.5 Å². The smallest absolute Gasteiger partial charge is 0.278 e. The first-order chi connectivity index (χ1) is 14.4. The van der Waals surface area contributed by atoms with Crippen LogP contribution in [-0.2, 0) is 16.4 Å². The minimum atomic E-state index is -3.92. The van der Waals surface area contributed by atoms with Gasteiger partial charge in [0.1, 0.15) is 11.9 Å². The van der Waals surface area contributed by atoms with Gasteiger partial charge in [-0.2, -0.15) is 0 Å². The lowest BCUT2D eigenvalue weighted by atomic mass is 9.96. The third-order valence-electron chi connectivity index (χ3n) is 5.29. The number of alkyl halides is 2. The van der Waals surface area contributed by atoms with Gasteiger partial charge in [0.05, 0.1) is 12.8 Å². The molecule has 0 bridgehead atoms. The number of nitrogens with one attached hydrogen (secondary N) is 1. The molecule has 0 aliphatic carbocycles. The quantitative estimate of drug-likeness (QED) is 0.624. The molecule has 31 heavy (non-hydrogen) atoms. The van der Waals surface area contributed by atoms with Gasteiger partial charge in [0.25, 0.3) is 5.92 Å². The van der Waals surface area contributed by atoms with E-state index in [1.807, 2.05) is 0 Å². The number of hydrogen-bond donors (Lipinski definition) is 2. The Kier molecular flexibility index (Phi) is 6.78. The van der Waals surface area contributed by atoms with Crippen LogP contribution < -0.4 is 4.72 Å². The Labute approximate surface area is 180 Å². The van der Waals surface area contributed by atoms with Gasteiger partial charge in [-0.15, -0.1) is 0 Å². The molecular weight excluding hydrogens is 431 g/mol. The summed E-state index contributed by atoms with van der Waals surface area (Å²) in [6, 6.07) is 10.3. The summed E-state index contributed by atoms with van der Waals surface area (Å²) in [5.74, 6) is -3.78. The predicted octanol–water partition coefficient (Wildman–Crippen LogP) is 2.11. The van der Waals surface area contributed by atoms with Crippen LogP contribution in [0.5, 0.6) is 0 Å². The van der Waals surface area contributed by atoms with Crippen LogP contribution in [0.3, 0.4) is 0 Å². The second kappa shape index (κ2) is 8.87. The standard InChI is InChI=1S/C21H26F3N3O3S/c1-26(2)20(28)27-13-21(23,24)19(25-31(3,29)30)18(27)11-14-6-4-7-15(10-14)16-8-5-9-17(22)12-16/h4-10,12,18-20,25,28H,11,13H2,1-3H3/t18-,19+,20?/m0/s1. The molecule has 2 N–H and O–H groups in total. The number of aliphatic hydroxyl groups excluding tert-OH is 1. The topological polar surface area (TPSA) is 72.9 Å². The SMILES string of the molecule is CN(C)C(O)N1CC(F)(F)[C@H](NS(C)(=O)=O)[C@@H]1Cc1cccc(-c2cccc(F)c2)c1. The molecule has 1 saturated heterocycles. The van der Waals surface area contributed by atoms with Crippen LogP contribution in [0.25, 0.3) is 11.1 Å². The van der Waals surface area contributed by atoms with E-state index in [2.05, 4.69) is 4.72 Å². The van der Waals surface area contributed by atoms with Crippen LogP contribution in [0.4, 0.5) is 13.2 Å². The Morgan fingerprint density at radius 1 is 1.19 bits per heavy atom. The number of hydrogen-bond acceptors (Lipinski definition) is 5. The van der Waals surface area contributed by atoms with E-state index in [-0.39, 0.29) is 6.42 Å². The second-order valence-corrected chi connectivity index (χ2v) is 9.87. The molecule has 0 radical (unpaired) electrons.